The van der Waals surface area contributed by atoms with Crippen LogP contribution in [0, 0.1) is 0 Å². The number of aliphatic hydroxyl groups excluding tert-OH is 2. The minimum Gasteiger partial charge on any atom is -0.394 e. The Morgan fingerprint density at radius 2 is 1.75 bits per heavy atom. The van der Waals surface area contributed by atoms with E-state index in [1.165, 1.54) is 0 Å². The van der Waals surface area contributed by atoms with Crippen LogP contribution in [-0.2, 0) is 9.84 Å². The predicted octanol–water partition coefficient (Wildman–Crippen LogP) is -0.466. The van der Waals surface area contributed by atoms with Gasteiger partial charge in [-0.25, -0.2) is 8.42 Å². The molecule has 0 spiro atoms. The van der Waals surface area contributed by atoms with Crippen molar-refractivity contribution in [3.8, 4) is 0 Å². The summed E-state index contributed by atoms with van der Waals surface area (Å²) < 4.78 is 22.4. The zero-order valence-electron chi connectivity index (χ0n) is 10.1. The van der Waals surface area contributed by atoms with Crippen LogP contribution in [0.1, 0.15) is 26.7 Å². The Morgan fingerprint density at radius 1 is 1.19 bits per heavy atom. The van der Waals surface area contributed by atoms with Gasteiger partial charge in [-0.1, -0.05) is 13.8 Å². The molecule has 0 aliphatic heterocycles. The Morgan fingerprint density at radius 3 is 2.12 bits per heavy atom. The molecule has 0 aliphatic rings. The first-order valence-corrected chi connectivity index (χ1v) is 7.44. The van der Waals surface area contributed by atoms with Crippen LogP contribution < -0.4 is 5.32 Å². The van der Waals surface area contributed by atoms with Crippen LogP contribution in [0.25, 0.3) is 0 Å². The minimum atomic E-state index is -2.92. The van der Waals surface area contributed by atoms with E-state index in [1.54, 1.807) is 6.92 Å². The first-order valence-electron chi connectivity index (χ1n) is 5.62. The van der Waals surface area contributed by atoms with Crippen LogP contribution in [0.3, 0.4) is 0 Å². The summed E-state index contributed by atoms with van der Waals surface area (Å²) in [6, 6.07) is 0. The molecule has 0 heterocycles. The van der Waals surface area contributed by atoms with Crippen molar-refractivity contribution in [3.63, 3.8) is 0 Å². The van der Waals surface area contributed by atoms with E-state index >= 15 is 0 Å². The fourth-order valence-corrected chi connectivity index (χ4v) is 2.17. The quantitative estimate of drug-likeness (QED) is 0.484. The topological polar surface area (TPSA) is 86.6 Å². The molecule has 0 amide bonds. The van der Waals surface area contributed by atoms with Gasteiger partial charge in [0.1, 0.15) is 9.84 Å². The van der Waals surface area contributed by atoms with Gasteiger partial charge in [-0.05, 0) is 19.4 Å². The Balaban J connectivity index is 3.97. The van der Waals surface area contributed by atoms with Crippen LogP contribution in [-0.4, -0.2) is 55.4 Å². The summed E-state index contributed by atoms with van der Waals surface area (Å²) in [4.78, 5) is 0. The van der Waals surface area contributed by atoms with Gasteiger partial charge in [0, 0.05) is 5.75 Å². The van der Waals surface area contributed by atoms with E-state index in [1.807, 2.05) is 6.92 Å². The molecule has 0 aliphatic carbocycles. The monoisotopic (exact) mass is 253 g/mol. The molecule has 6 heteroatoms. The molecule has 0 saturated carbocycles. The molecule has 16 heavy (non-hydrogen) atoms. The molecule has 0 aromatic heterocycles. The lowest BCUT2D eigenvalue weighted by molar-refractivity contribution is 0.0881. The molecule has 98 valence electrons. The van der Waals surface area contributed by atoms with Crippen molar-refractivity contribution < 1.29 is 18.6 Å². The highest BCUT2D eigenvalue weighted by Crippen LogP contribution is 2.08. The molecular formula is C10H23NO4S. The van der Waals surface area contributed by atoms with E-state index in [9.17, 15) is 8.42 Å². The lowest BCUT2D eigenvalue weighted by Gasteiger charge is -2.29. The molecule has 0 unspecified atom stereocenters. The highest BCUT2D eigenvalue weighted by Gasteiger charge is 2.25. The fourth-order valence-electron chi connectivity index (χ4n) is 1.30. The van der Waals surface area contributed by atoms with Crippen LogP contribution in [0.2, 0.25) is 0 Å². The molecule has 0 rings (SSSR count). The Bertz CT molecular complexity index is 264. The van der Waals surface area contributed by atoms with Crippen LogP contribution >= 0.6 is 0 Å². The zero-order chi connectivity index (χ0) is 12.7. The Labute approximate surface area is 97.8 Å². The van der Waals surface area contributed by atoms with Gasteiger partial charge in [0.2, 0.25) is 0 Å². The van der Waals surface area contributed by atoms with Crippen molar-refractivity contribution in [2.75, 3.05) is 31.3 Å². The van der Waals surface area contributed by atoms with Gasteiger partial charge >= 0.3 is 0 Å². The summed E-state index contributed by atoms with van der Waals surface area (Å²) in [6.07, 6.45) is 1.10. The molecule has 0 saturated heterocycles. The third-order valence-electron chi connectivity index (χ3n) is 2.85. The molecule has 0 aromatic carbocycles. The van der Waals surface area contributed by atoms with Gasteiger partial charge in [-0.3, -0.25) is 0 Å². The van der Waals surface area contributed by atoms with Gasteiger partial charge in [-0.15, -0.1) is 0 Å². The second-order valence-electron chi connectivity index (χ2n) is 3.97. The molecule has 5 nitrogen and oxygen atoms in total. The first-order chi connectivity index (χ1) is 7.45. The minimum absolute atomic E-state index is 0.146. The average molecular weight is 253 g/mol. The third kappa shape index (κ3) is 5.25. The number of hydrogen-bond acceptors (Lipinski definition) is 5. The number of nitrogens with one attached hydrogen (secondary N) is 1. The summed E-state index contributed by atoms with van der Waals surface area (Å²) in [6.45, 7) is 3.66. The van der Waals surface area contributed by atoms with Gasteiger partial charge in [0.25, 0.3) is 0 Å². The molecule has 0 fully saturated rings. The zero-order valence-corrected chi connectivity index (χ0v) is 10.9. The molecule has 0 bridgehead atoms. The molecule has 0 radical (unpaired) electrons. The summed E-state index contributed by atoms with van der Waals surface area (Å²) >= 11 is 0. The van der Waals surface area contributed by atoms with Gasteiger partial charge < -0.3 is 15.5 Å². The molecule has 3 N–H and O–H groups in total. The summed E-state index contributed by atoms with van der Waals surface area (Å²) in [5.74, 6) is 0.305. The smallest absolute Gasteiger partial charge is 0.150 e. The van der Waals surface area contributed by atoms with Crippen molar-refractivity contribution in [3.05, 3.63) is 0 Å². The van der Waals surface area contributed by atoms with Crippen molar-refractivity contribution in [2.45, 2.75) is 32.2 Å². The largest absolute Gasteiger partial charge is 0.394 e. The maximum absolute atomic E-state index is 11.2. The average Bonchev–Trinajstić information content (AvgIpc) is 2.30. The molecule has 0 aromatic rings. The second kappa shape index (κ2) is 7.21. The number of aliphatic hydroxyl groups is 2. The standard InChI is InChI=1S/C10H23NO4S/c1-3-10(8-12,9-13)11-6-5-7-16(14,15)4-2/h11-13H,3-9H2,1-2H3. The maximum atomic E-state index is 11.2. The highest BCUT2D eigenvalue weighted by atomic mass is 32.2. The van der Waals surface area contributed by atoms with E-state index in [4.69, 9.17) is 10.2 Å². The number of hydrogen-bond donors (Lipinski definition) is 3. The maximum Gasteiger partial charge on any atom is 0.150 e. The predicted molar refractivity (Wildman–Crippen MR) is 64.1 cm³/mol. The lowest BCUT2D eigenvalue weighted by Crippen LogP contribution is -2.51. The lowest BCUT2D eigenvalue weighted by atomic mass is 9.98. The highest BCUT2D eigenvalue weighted by molar-refractivity contribution is 7.91. The fraction of sp³-hybridized carbons (Fsp3) is 1.00. The molecular weight excluding hydrogens is 230 g/mol. The third-order valence-corrected chi connectivity index (χ3v) is 4.64. The van der Waals surface area contributed by atoms with Crippen molar-refractivity contribution in [1.29, 1.82) is 0 Å². The van der Waals surface area contributed by atoms with Crippen molar-refractivity contribution in [1.82, 2.24) is 5.32 Å². The van der Waals surface area contributed by atoms with E-state index < -0.39 is 15.4 Å². The van der Waals surface area contributed by atoms with E-state index in [0.29, 0.717) is 19.4 Å². The van der Waals surface area contributed by atoms with Crippen LogP contribution in [0.5, 0.6) is 0 Å². The molecule has 0 atom stereocenters. The summed E-state index contributed by atoms with van der Waals surface area (Å²) in [5, 5.41) is 21.3. The van der Waals surface area contributed by atoms with E-state index in [-0.39, 0.29) is 24.7 Å². The number of rotatable bonds is 9. The van der Waals surface area contributed by atoms with Crippen LogP contribution in [0.15, 0.2) is 0 Å². The van der Waals surface area contributed by atoms with Crippen molar-refractivity contribution in [2.24, 2.45) is 0 Å². The summed E-state index contributed by atoms with van der Waals surface area (Å²) in [7, 11) is -2.92. The SMILES string of the molecule is CCC(CO)(CO)NCCCS(=O)(=O)CC. The number of sulfone groups is 1. The van der Waals surface area contributed by atoms with Gasteiger partial charge in [0.15, 0.2) is 0 Å². The van der Waals surface area contributed by atoms with Crippen molar-refractivity contribution >= 4 is 9.84 Å². The van der Waals surface area contributed by atoms with E-state index in [2.05, 4.69) is 5.32 Å². The second-order valence-corrected chi connectivity index (χ2v) is 6.44. The Kier molecular flexibility index (Phi) is 7.14. The normalized spacial score (nSPS) is 13.0. The van der Waals surface area contributed by atoms with Gasteiger partial charge in [-0.2, -0.15) is 0 Å². The first kappa shape index (κ1) is 15.8. The Hall–Kier alpha value is -0.170. The summed E-state index contributed by atoms with van der Waals surface area (Å²) in [5.41, 5.74) is -0.685. The van der Waals surface area contributed by atoms with Crippen LogP contribution in [0.4, 0.5) is 0 Å². The van der Waals surface area contributed by atoms with E-state index in [0.717, 1.165) is 0 Å². The van der Waals surface area contributed by atoms with Gasteiger partial charge in [0.05, 0.1) is 24.5 Å².